The molecule has 1 amide bonds. The molecule has 0 saturated heterocycles. The summed E-state index contributed by atoms with van der Waals surface area (Å²) >= 11 is 0. The average molecular weight is 335 g/mol. The lowest BCUT2D eigenvalue weighted by Gasteiger charge is -2.12. The van der Waals surface area contributed by atoms with Crippen molar-refractivity contribution in [3.8, 4) is 17.0 Å². The summed E-state index contributed by atoms with van der Waals surface area (Å²) in [5, 5.41) is 3.96. The molecular formula is C20H21N3O2. The number of benzene rings is 1. The fourth-order valence-electron chi connectivity index (χ4n) is 3.25. The van der Waals surface area contributed by atoms with Gasteiger partial charge in [-0.15, -0.1) is 0 Å². The van der Waals surface area contributed by atoms with Crippen molar-refractivity contribution in [1.82, 2.24) is 9.55 Å². The number of nitrogens with one attached hydrogen (secondary N) is 1. The standard InChI is InChI=1S/C20H21N3O2/c1-12-5-4-6-17(25-3)19(12)15-9-14-10-18(21-11-16(14)23(15)2)22-20(24)13-7-8-13/h4-6,9-11,13H,7-8H2,1-3H3,(H,21,22,24). The zero-order valence-electron chi connectivity index (χ0n) is 14.7. The number of methoxy groups -OCH3 is 1. The lowest BCUT2D eigenvalue weighted by atomic mass is 10.0. The summed E-state index contributed by atoms with van der Waals surface area (Å²) < 4.78 is 7.67. The van der Waals surface area contributed by atoms with Gasteiger partial charge >= 0.3 is 0 Å². The first-order valence-corrected chi connectivity index (χ1v) is 8.49. The number of rotatable bonds is 4. The van der Waals surface area contributed by atoms with Crippen LogP contribution in [-0.2, 0) is 11.8 Å². The van der Waals surface area contributed by atoms with Gasteiger partial charge in [0.15, 0.2) is 0 Å². The zero-order chi connectivity index (χ0) is 17.6. The molecule has 5 nitrogen and oxygen atoms in total. The van der Waals surface area contributed by atoms with E-state index >= 15 is 0 Å². The van der Waals surface area contributed by atoms with Crippen molar-refractivity contribution in [3.63, 3.8) is 0 Å². The minimum atomic E-state index is 0.0728. The Bertz CT molecular complexity index is 970. The van der Waals surface area contributed by atoms with Crippen LogP contribution >= 0.6 is 0 Å². The smallest absolute Gasteiger partial charge is 0.228 e. The van der Waals surface area contributed by atoms with E-state index in [0.29, 0.717) is 5.82 Å². The van der Waals surface area contributed by atoms with E-state index in [1.54, 1.807) is 7.11 Å². The highest BCUT2D eigenvalue weighted by Gasteiger charge is 2.29. The van der Waals surface area contributed by atoms with Gasteiger partial charge in [-0.05, 0) is 43.5 Å². The lowest BCUT2D eigenvalue weighted by molar-refractivity contribution is -0.117. The van der Waals surface area contributed by atoms with Crippen LogP contribution in [-0.4, -0.2) is 22.6 Å². The number of aryl methyl sites for hydroxylation is 2. The summed E-state index contributed by atoms with van der Waals surface area (Å²) in [7, 11) is 3.71. The highest BCUT2D eigenvalue weighted by molar-refractivity contribution is 5.96. The number of ether oxygens (including phenoxy) is 1. The highest BCUT2D eigenvalue weighted by atomic mass is 16.5. The third-order valence-corrected chi connectivity index (χ3v) is 4.84. The van der Waals surface area contributed by atoms with Gasteiger partial charge in [0.05, 0.1) is 24.5 Å². The Morgan fingerprint density at radius 3 is 2.84 bits per heavy atom. The van der Waals surface area contributed by atoms with Crippen molar-refractivity contribution in [2.24, 2.45) is 13.0 Å². The quantitative estimate of drug-likeness (QED) is 0.786. The Morgan fingerprint density at radius 1 is 1.32 bits per heavy atom. The van der Waals surface area contributed by atoms with Crippen molar-refractivity contribution >= 4 is 22.6 Å². The first-order valence-electron chi connectivity index (χ1n) is 8.49. The van der Waals surface area contributed by atoms with E-state index in [2.05, 4.69) is 33.9 Å². The van der Waals surface area contributed by atoms with Gasteiger partial charge in [0.25, 0.3) is 0 Å². The van der Waals surface area contributed by atoms with E-state index in [-0.39, 0.29) is 11.8 Å². The average Bonchev–Trinajstić information content (AvgIpc) is 3.40. The van der Waals surface area contributed by atoms with E-state index in [1.807, 2.05) is 31.4 Å². The van der Waals surface area contributed by atoms with Crippen LogP contribution in [0.3, 0.4) is 0 Å². The summed E-state index contributed by atoms with van der Waals surface area (Å²) in [6.07, 6.45) is 3.78. The van der Waals surface area contributed by atoms with Crippen molar-refractivity contribution in [2.45, 2.75) is 19.8 Å². The molecule has 0 radical (unpaired) electrons. The van der Waals surface area contributed by atoms with Gasteiger partial charge in [0.1, 0.15) is 11.6 Å². The van der Waals surface area contributed by atoms with Crippen LogP contribution in [0.4, 0.5) is 5.82 Å². The van der Waals surface area contributed by atoms with E-state index in [4.69, 9.17) is 4.74 Å². The summed E-state index contributed by atoms with van der Waals surface area (Å²) in [6, 6.07) is 10.1. The number of pyridine rings is 1. The molecule has 0 unspecified atom stereocenters. The van der Waals surface area contributed by atoms with E-state index < -0.39 is 0 Å². The molecule has 0 aliphatic heterocycles. The molecule has 0 spiro atoms. The third kappa shape index (κ3) is 2.76. The van der Waals surface area contributed by atoms with Crippen molar-refractivity contribution in [2.75, 3.05) is 12.4 Å². The maximum absolute atomic E-state index is 12.0. The van der Waals surface area contributed by atoms with Gasteiger partial charge in [0.2, 0.25) is 5.91 Å². The molecule has 4 rings (SSSR count). The number of anilines is 1. The van der Waals surface area contributed by atoms with E-state index in [1.165, 1.54) is 0 Å². The molecule has 2 aromatic heterocycles. The number of aromatic nitrogens is 2. The number of nitrogens with zero attached hydrogens (tertiary/aromatic N) is 2. The second-order valence-corrected chi connectivity index (χ2v) is 6.63. The number of hydrogen-bond donors (Lipinski definition) is 1. The summed E-state index contributed by atoms with van der Waals surface area (Å²) in [5.74, 6) is 1.70. The van der Waals surface area contributed by atoms with Gasteiger partial charge in [-0.25, -0.2) is 4.98 Å². The van der Waals surface area contributed by atoms with Crippen LogP contribution in [0.5, 0.6) is 5.75 Å². The topological polar surface area (TPSA) is 56.1 Å². The summed E-state index contributed by atoms with van der Waals surface area (Å²) in [6.45, 7) is 2.08. The fourth-order valence-corrected chi connectivity index (χ4v) is 3.25. The van der Waals surface area contributed by atoms with Crippen molar-refractivity contribution in [1.29, 1.82) is 0 Å². The van der Waals surface area contributed by atoms with Crippen molar-refractivity contribution in [3.05, 3.63) is 42.1 Å². The monoisotopic (exact) mass is 335 g/mol. The number of amides is 1. The molecule has 3 aromatic rings. The molecule has 1 aromatic carbocycles. The van der Waals surface area contributed by atoms with Gasteiger partial charge in [-0.1, -0.05) is 12.1 Å². The molecule has 1 fully saturated rings. The Hall–Kier alpha value is -2.82. The predicted octanol–water partition coefficient (Wildman–Crippen LogP) is 3.91. The van der Waals surface area contributed by atoms with Crippen LogP contribution in [0, 0.1) is 12.8 Å². The normalized spacial score (nSPS) is 13.9. The Labute approximate surface area is 146 Å². The van der Waals surface area contributed by atoms with Gasteiger partial charge in [-0.2, -0.15) is 0 Å². The van der Waals surface area contributed by atoms with Crippen LogP contribution in [0.25, 0.3) is 22.2 Å². The SMILES string of the molecule is COc1cccc(C)c1-c1cc2cc(NC(=O)C3CC3)ncc2n1C. The summed E-state index contributed by atoms with van der Waals surface area (Å²) in [4.78, 5) is 16.4. The minimum Gasteiger partial charge on any atom is -0.496 e. The Balaban J connectivity index is 1.78. The molecule has 25 heavy (non-hydrogen) atoms. The Kier molecular flexibility index (Phi) is 3.71. The second kappa shape index (κ2) is 5.92. The van der Waals surface area contributed by atoms with Gasteiger partial charge < -0.3 is 14.6 Å². The zero-order valence-corrected chi connectivity index (χ0v) is 14.7. The molecule has 1 saturated carbocycles. The Morgan fingerprint density at radius 2 is 2.12 bits per heavy atom. The first-order chi connectivity index (χ1) is 12.1. The first kappa shape index (κ1) is 15.7. The minimum absolute atomic E-state index is 0.0728. The van der Waals surface area contributed by atoms with Gasteiger partial charge in [-0.3, -0.25) is 4.79 Å². The number of carbonyl (C=O) groups is 1. The maximum Gasteiger partial charge on any atom is 0.228 e. The fraction of sp³-hybridized carbons (Fsp3) is 0.300. The van der Waals surface area contributed by atoms with Crippen LogP contribution < -0.4 is 10.1 Å². The number of carbonyl (C=O) groups excluding carboxylic acids is 1. The van der Waals surface area contributed by atoms with Crippen LogP contribution in [0.15, 0.2) is 36.5 Å². The largest absolute Gasteiger partial charge is 0.496 e. The molecule has 2 heterocycles. The number of fused-ring (bicyclic) bond motifs is 1. The molecule has 1 aliphatic carbocycles. The maximum atomic E-state index is 12.0. The summed E-state index contributed by atoms with van der Waals surface area (Å²) in [5.41, 5.74) is 4.31. The second-order valence-electron chi connectivity index (χ2n) is 6.63. The van der Waals surface area contributed by atoms with Gasteiger partial charge in [0, 0.05) is 23.9 Å². The van der Waals surface area contributed by atoms with E-state index in [0.717, 1.165) is 46.3 Å². The lowest BCUT2D eigenvalue weighted by Crippen LogP contribution is -2.14. The molecule has 0 bridgehead atoms. The third-order valence-electron chi connectivity index (χ3n) is 4.84. The molecule has 1 aliphatic rings. The highest BCUT2D eigenvalue weighted by Crippen LogP contribution is 2.36. The van der Waals surface area contributed by atoms with Crippen LogP contribution in [0.2, 0.25) is 0 Å². The predicted molar refractivity (Wildman–Crippen MR) is 98.8 cm³/mol. The van der Waals surface area contributed by atoms with Crippen molar-refractivity contribution < 1.29 is 9.53 Å². The number of hydrogen-bond acceptors (Lipinski definition) is 3. The molecule has 0 atom stereocenters. The molecule has 128 valence electrons. The molecule has 5 heteroatoms. The van der Waals surface area contributed by atoms with Crippen LogP contribution in [0.1, 0.15) is 18.4 Å². The molecular weight excluding hydrogens is 314 g/mol. The van der Waals surface area contributed by atoms with E-state index in [9.17, 15) is 4.79 Å². The molecule has 1 N–H and O–H groups in total.